The second kappa shape index (κ2) is 7.65. The van der Waals surface area contributed by atoms with Gasteiger partial charge in [-0.2, -0.15) is 0 Å². The summed E-state index contributed by atoms with van der Waals surface area (Å²) in [6, 6.07) is 7.83. The van der Waals surface area contributed by atoms with E-state index in [4.69, 9.17) is 8.85 Å². The van der Waals surface area contributed by atoms with Gasteiger partial charge in [0.05, 0.1) is 5.75 Å². The van der Waals surface area contributed by atoms with Crippen LogP contribution in [0.25, 0.3) is 10.1 Å². The van der Waals surface area contributed by atoms with E-state index in [-0.39, 0.29) is 11.9 Å². The number of thioether (sulfide) groups is 1. The summed E-state index contributed by atoms with van der Waals surface area (Å²) in [5.41, 5.74) is 0. The molecule has 1 aromatic carbocycles. The van der Waals surface area contributed by atoms with Crippen molar-refractivity contribution in [3.05, 3.63) is 29.1 Å². The van der Waals surface area contributed by atoms with Gasteiger partial charge >= 0.3 is 11.9 Å². The molecule has 0 spiro atoms. The standard InChI is InChI=1S/C17H24O4S2Si2/c1-24(2,3)20-16(18)11-22-13-7-8-14-12(9-13)10-15(23-14)17(19)21-25(4,5)6/h7-10H,11H2,1-6H3. The quantitative estimate of drug-likeness (QED) is 0.472. The van der Waals surface area contributed by atoms with Crippen molar-refractivity contribution in [3.8, 4) is 0 Å². The lowest BCUT2D eigenvalue weighted by Gasteiger charge is -2.16. The highest BCUT2D eigenvalue weighted by molar-refractivity contribution is 8.00. The first kappa shape index (κ1) is 20.2. The van der Waals surface area contributed by atoms with Gasteiger partial charge in [0.15, 0.2) is 0 Å². The van der Waals surface area contributed by atoms with Crippen molar-refractivity contribution < 1.29 is 18.4 Å². The summed E-state index contributed by atoms with van der Waals surface area (Å²) < 4.78 is 12.0. The van der Waals surface area contributed by atoms with Crippen LogP contribution in [0.2, 0.25) is 39.3 Å². The van der Waals surface area contributed by atoms with Crippen LogP contribution in [0, 0.1) is 0 Å². The van der Waals surface area contributed by atoms with Gasteiger partial charge in [0.1, 0.15) is 4.88 Å². The van der Waals surface area contributed by atoms with Gasteiger partial charge in [0.2, 0.25) is 16.6 Å². The second-order valence-corrected chi connectivity index (χ2v) is 18.7. The fourth-order valence-corrected chi connectivity index (χ4v) is 5.29. The molecule has 1 heterocycles. The summed E-state index contributed by atoms with van der Waals surface area (Å²) in [4.78, 5) is 25.7. The Morgan fingerprint density at radius 1 is 1.00 bits per heavy atom. The van der Waals surface area contributed by atoms with E-state index in [9.17, 15) is 9.59 Å². The average molecular weight is 413 g/mol. The molecule has 0 radical (unpaired) electrons. The van der Waals surface area contributed by atoms with Crippen LogP contribution in [0.15, 0.2) is 29.2 Å². The van der Waals surface area contributed by atoms with E-state index < -0.39 is 16.6 Å². The first-order valence-corrected chi connectivity index (χ1v) is 16.7. The molecule has 8 heteroatoms. The Bertz CT molecular complexity index is 788. The predicted molar refractivity (Wildman–Crippen MR) is 111 cm³/mol. The number of carbonyl (C=O) groups is 2. The number of benzene rings is 1. The number of carbonyl (C=O) groups excluding carboxylic acids is 2. The van der Waals surface area contributed by atoms with Crippen molar-refractivity contribution in [2.24, 2.45) is 0 Å². The molecule has 2 aromatic rings. The summed E-state index contributed by atoms with van der Waals surface area (Å²) in [6.07, 6.45) is 0. The molecule has 0 fully saturated rings. The number of fused-ring (bicyclic) bond motifs is 1. The number of thiophene rings is 1. The largest absolute Gasteiger partial charge is 0.519 e. The highest BCUT2D eigenvalue weighted by Gasteiger charge is 2.23. The molecule has 2 rings (SSSR count). The molecule has 0 aliphatic rings. The molecular weight excluding hydrogens is 388 g/mol. The van der Waals surface area contributed by atoms with Crippen LogP contribution < -0.4 is 0 Å². The SMILES string of the molecule is C[Si](C)(C)OC(=O)CSc1ccc2sc(C(=O)O[Si](C)(C)C)cc2c1. The van der Waals surface area contributed by atoms with Crippen molar-refractivity contribution >= 4 is 61.8 Å². The summed E-state index contributed by atoms with van der Waals surface area (Å²) in [5, 5.41) is 0.996. The molecule has 0 bridgehead atoms. The molecule has 25 heavy (non-hydrogen) atoms. The van der Waals surface area contributed by atoms with Gasteiger partial charge in [-0.1, -0.05) is 0 Å². The van der Waals surface area contributed by atoms with E-state index in [1.807, 2.05) is 63.5 Å². The third-order valence-electron chi connectivity index (χ3n) is 2.86. The smallest absolute Gasteiger partial charge is 0.335 e. The Kier molecular flexibility index (Phi) is 6.19. The zero-order valence-corrected chi connectivity index (χ0v) is 19.1. The number of hydrogen-bond acceptors (Lipinski definition) is 6. The maximum Gasteiger partial charge on any atom is 0.335 e. The monoisotopic (exact) mass is 412 g/mol. The second-order valence-electron chi connectivity index (χ2n) is 7.69. The molecule has 0 aliphatic carbocycles. The molecule has 1 aromatic heterocycles. The third-order valence-corrected chi connectivity index (χ3v) is 6.57. The van der Waals surface area contributed by atoms with E-state index in [0.717, 1.165) is 15.0 Å². The van der Waals surface area contributed by atoms with E-state index in [1.165, 1.54) is 23.1 Å². The number of rotatable bonds is 6. The van der Waals surface area contributed by atoms with Crippen molar-refractivity contribution in [1.29, 1.82) is 0 Å². The van der Waals surface area contributed by atoms with Crippen LogP contribution >= 0.6 is 23.1 Å². The molecule has 4 nitrogen and oxygen atoms in total. The summed E-state index contributed by atoms with van der Waals surface area (Å²) in [7, 11) is -3.74. The van der Waals surface area contributed by atoms with Gasteiger partial charge in [-0.05, 0) is 68.9 Å². The lowest BCUT2D eigenvalue weighted by atomic mass is 10.2. The minimum atomic E-state index is -1.90. The molecule has 0 unspecified atom stereocenters. The average Bonchev–Trinajstić information content (AvgIpc) is 2.84. The van der Waals surface area contributed by atoms with Crippen molar-refractivity contribution in [3.63, 3.8) is 0 Å². The van der Waals surface area contributed by atoms with Crippen molar-refractivity contribution in [2.75, 3.05) is 5.75 Å². The maximum absolute atomic E-state index is 12.2. The third kappa shape index (κ3) is 6.61. The molecule has 0 aliphatic heterocycles. The fourth-order valence-electron chi connectivity index (χ4n) is 2.05. The normalized spacial score (nSPS) is 12.2. The predicted octanol–water partition coefficient (Wildman–Crippen LogP) is 5.36. The Balaban J connectivity index is 2.07. The van der Waals surface area contributed by atoms with Crippen LogP contribution in [0.1, 0.15) is 9.67 Å². The van der Waals surface area contributed by atoms with Crippen molar-refractivity contribution in [2.45, 2.75) is 44.2 Å². The van der Waals surface area contributed by atoms with E-state index in [2.05, 4.69) is 0 Å². The Hall–Kier alpha value is -1.10. The van der Waals surface area contributed by atoms with E-state index >= 15 is 0 Å². The number of hydrogen-bond donors (Lipinski definition) is 0. The van der Waals surface area contributed by atoms with Crippen LogP contribution in [-0.2, 0) is 13.6 Å². The van der Waals surface area contributed by atoms with Gasteiger partial charge in [-0.15, -0.1) is 23.1 Å². The molecule has 0 saturated carbocycles. The Labute approximate surface area is 159 Å². The van der Waals surface area contributed by atoms with Gasteiger partial charge in [-0.25, -0.2) is 4.79 Å². The van der Waals surface area contributed by atoms with Crippen LogP contribution in [0.3, 0.4) is 0 Å². The molecule has 0 atom stereocenters. The van der Waals surface area contributed by atoms with Crippen LogP contribution in [0.5, 0.6) is 0 Å². The summed E-state index contributed by atoms with van der Waals surface area (Å²) in [5.74, 6) is -0.118. The lowest BCUT2D eigenvalue weighted by Crippen LogP contribution is -2.30. The molecule has 0 N–H and O–H groups in total. The zero-order valence-electron chi connectivity index (χ0n) is 15.5. The van der Waals surface area contributed by atoms with Gasteiger partial charge in [-0.3, -0.25) is 4.79 Å². The highest BCUT2D eigenvalue weighted by atomic mass is 32.2. The first-order chi connectivity index (χ1) is 11.4. The topological polar surface area (TPSA) is 52.6 Å². The summed E-state index contributed by atoms with van der Waals surface area (Å²) >= 11 is 2.89. The maximum atomic E-state index is 12.2. The van der Waals surface area contributed by atoms with Gasteiger partial charge in [0, 0.05) is 9.60 Å². The molecular formula is C17H24O4S2Si2. The molecule has 136 valence electrons. The highest BCUT2D eigenvalue weighted by Crippen LogP contribution is 2.31. The molecule has 0 amide bonds. The van der Waals surface area contributed by atoms with Gasteiger partial charge in [0.25, 0.3) is 0 Å². The van der Waals surface area contributed by atoms with E-state index in [1.54, 1.807) is 0 Å². The van der Waals surface area contributed by atoms with Crippen LogP contribution in [0.4, 0.5) is 0 Å². The van der Waals surface area contributed by atoms with Crippen molar-refractivity contribution in [1.82, 2.24) is 0 Å². The fraction of sp³-hybridized carbons (Fsp3) is 0.412. The van der Waals surface area contributed by atoms with Crippen LogP contribution in [-0.4, -0.2) is 34.3 Å². The molecule has 0 saturated heterocycles. The zero-order chi connectivity index (χ0) is 18.8. The Morgan fingerprint density at radius 2 is 1.64 bits per heavy atom. The minimum absolute atomic E-state index is 0.172. The first-order valence-electron chi connectivity index (χ1n) is 8.04. The lowest BCUT2D eigenvalue weighted by molar-refractivity contribution is -0.132. The Morgan fingerprint density at radius 3 is 2.24 bits per heavy atom. The minimum Gasteiger partial charge on any atom is -0.519 e. The summed E-state index contributed by atoms with van der Waals surface area (Å²) in [6.45, 7) is 12.0. The van der Waals surface area contributed by atoms with Gasteiger partial charge < -0.3 is 8.85 Å². The van der Waals surface area contributed by atoms with E-state index in [0.29, 0.717) is 10.6 Å².